The van der Waals surface area contributed by atoms with E-state index in [1.807, 2.05) is 6.07 Å². The minimum absolute atomic E-state index is 0.273. The second-order valence-electron chi connectivity index (χ2n) is 3.15. The molecule has 1 atom stereocenters. The van der Waals surface area contributed by atoms with Gasteiger partial charge in [-0.25, -0.2) is 4.79 Å². The SMILES string of the molecule is N#CC1CCCN1C(=O)OCC(F)(F)F. The van der Waals surface area contributed by atoms with Gasteiger partial charge in [0.2, 0.25) is 0 Å². The molecule has 1 amide bonds. The predicted molar refractivity (Wildman–Crippen MR) is 42.7 cm³/mol. The molecule has 0 aliphatic carbocycles. The average Bonchev–Trinajstić information content (AvgIpc) is 2.60. The fourth-order valence-electron chi connectivity index (χ4n) is 1.35. The molecule has 15 heavy (non-hydrogen) atoms. The second-order valence-corrected chi connectivity index (χ2v) is 3.15. The van der Waals surface area contributed by atoms with Crippen LogP contribution in [0.5, 0.6) is 0 Å². The fraction of sp³-hybridized carbons (Fsp3) is 0.750. The van der Waals surface area contributed by atoms with Crippen LogP contribution in [0.3, 0.4) is 0 Å². The maximum Gasteiger partial charge on any atom is 0.422 e. The van der Waals surface area contributed by atoms with Crippen LogP contribution in [0, 0.1) is 11.3 Å². The van der Waals surface area contributed by atoms with Crippen molar-refractivity contribution in [3.8, 4) is 6.07 Å². The second kappa shape index (κ2) is 4.38. The van der Waals surface area contributed by atoms with Gasteiger partial charge in [-0.05, 0) is 12.8 Å². The van der Waals surface area contributed by atoms with E-state index in [-0.39, 0.29) is 6.54 Å². The van der Waals surface area contributed by atoms with Crippen molar-refractivity contribution in [3.05, 3.63) is 0 Å². The van der Waals surface area contributed by atoms with Gasteiger partial charge in [0.1, 0.15) is 6.04 Å². The van der Waals surface area contributed by atoms with Crippen LogP contribution in [-0.4, -0.2) is 36.4 Å². The monoisotopic (exact) mass is 222 g/mol. The van der Waals surface area contributed by atoms with Gasteiger partial charge in [0.15, 0.2) is 6.61 Å². The van der Waals surface area contributed by atoms with Gasteiger partial charge in [0, 0.05) is 6.54 Å². The van der Waals surface area contributed by atoms with Crippen molar-refractivity contribution in [2.45, 2.75) is 25.1 Å². The summed E-state index contributed by atoms with van der Waals surface area (Å²) in [6, 6.07) is 1.17. The smallest absolute Gasteiger partial charge is 0.422 e. The number of amides is 1. The Labute approximate surface area is 84.2 Å². The summed E-state index contributed by atoms with van der Waals surface area (Å²) in [5, 5.41) is 8.59. The number of carbonyl (C=O) groups is 1. The third kappa shape index (κ3) is 3.31. The van der Waals surface area contributed by atoms with E-state index in [4.69, 9.17) is 5.26 Å². The summed E-state index contributed by atoms with van der Waals surface area (Å²) < 4.78 is 39.2. The number of nitrogens with zero attached hydrogens (tertiary/aromatic N) is 2. The van der Waals surface area contributed by atoms with E-state index in [0.717, 1.165) is 4.90 Å². The maximum absolute atomic E-state index is 11.7. The van der Waals surface area contributed by atoms with E-state index in [9.17, 15) is 18.0 Å². The predicted octanol–water partition coefficient (Wildman–Crippen LogP) is 1.67. The highest BCUT2D eigenvalue weighted by atomic mass is 19.4. The molecule has 1 rings (SSSR count). The summed E-state index contributed by atoms with van der Waals surface area (Å²) in [4.78, 5) is 12.1. The summed E-state index contributed by atoms with van der Waals surface area (Å²) in [5.41, 5.74) is 0. The Morgan fingerprint density at radius 1 is 1.60 bits per heavy atom. The van der Waals surface area contributed by atoms with E-state index in [0.29, 0.717) is 12.8 Å². The van der Waals surface area contributed by atoms with Crippen LogP contribution >= 0.6 is 0 Å². The van der Waals surface area contributed by atoms with Crippen molar-refractivity contribution in [2.24, 2.45) is 0 Å². The molecule has 1 aliphatic rings. The number of halogens is 3. The zero-order valence-electron chi connectivity index (χ0n) is 7.75. The first-order valence-corrected chi connectivity index (χ1v) is 4.34. The molecule has 0 radical (unpaired) electrons. The van der Waals surface area contributed by atoms with Crippen molar-refractivity contribution in [1.29, 1.82) is 5.26 Å². The lowest BCUT2D eigenvalue weighted by Gasteiger charge is -2.19. The maximum atomic E-state index is 11.7. The molecule has 0 aromatic rings. The van der Waals surface area contributed by atoms with E-state index in [1.54, 1.807) is 0 Å². The topological polar surface area (TPSA) is 53.3 Å². The Bertz CT molecular complexity index is 285. The number of alkyl halides is 3. The van der Waals surface area contributed by atoms with Crippen LogP contribution < -0.4 is 0 Å². The summed E-state index contributed by atoms with van der Waals surface area (Å²) in [6.07, 6.45) is -4.51. The van der Waals surface area contributed by atoms with Gasteiger partial charge in [0.05, 0.1) is 6.07 Å². The molecule has 0 bridgehead atoms. The quantitative estimate of drug-likeness (QED) is 0.678. The zero-order chi connectivity index (χ0) is 11.5. The first-order chi connectivity index (χ1) is 6.94. The molecule has 0 saturated carbocycles. The Morgan fingerprint density at radius 3 is 2.80 bits per heavy atom. The van der Waals surface area contributed by atoms with Gasteiger partial charge in [-0.1, -0.05) is 0 Å². The largest absolute Gasteiger partial charge is 0.440 e. The van der Waals surface area contributed by atoms with Crippen LogP contribution in [0.4, 0.5) is 18.0 Å². The lowest BCUT2D eigenvalue weighted by atomic mass is 10.2. The van der Waals surface area contributed by atoms with Gasteiger partial charge >= 0.3 is 12.3 Å². The number of hydrogen-bond acceptors (Lipinski definition) is 3. The van der Waals surface area contributed by atoms with E-state index in [2.05, 4.69) is 4.74 Å². The van der Waals surface area contributed by atoms with E-state index in [1.165, 1.54) is 0 Å². The number of carbonyl (C=O) groups excluding carboxylic acids is 1. The summed E-state index contributed by atoms with van der Waals surface area (Å²) >= 11 is 0. The summed E-state index contributed by atoms with van der Waals surface area (Å²) in [5.74, 6) is 0. The van der Waals surface area contributed by atoms with Gasteiger partial charge in [-0.15, -0.1) is 0 Å². The molecule has 1 saturated heterocycles. The molecule has 1 aliphatic heterocycles. The Hall–Kier alpha value is -1.45. The molecule has 0 spiro atoms. The third-order valence-corrected chi connectivity index (χ3v) is 2.00. The fourth-order valence-corrected chi connectivity index (χ4v) is 1.35. The molecule has 0 aromatic carbocycles. The van der Waals surface area contributed by atoms with Gasteiger partial charge in [-0.2, -0.15) is 18.4 Å². The molecule has 1 fully saturated rings. The summed E-state index contributed by atoms with van der Waals surface area (Å²) in [6.45, 7) is -1.34. The molecular weight excluding hydrogens is 213 g/mol. The number of rotatable bonds is 1. The average molecular weight is 222 g/mol. The van der Waals surface area contributed by atoms with Gasteiger partial charge in [0.25, 0.3) is 0 Å². The standard InChI is InChI=1S/C8H9F3N2O2/c9-8(10,11)5-15-7(14)13-3-1-2-6(13)4-12/h6H,1-3,5H2. The first kappa shape index (κ1) is 11.6. The molecule has 84 valence electrons. The van der Waals surface area contributed by atoms with E-state index < -0.39 is 24.9 Å². The van der Waals surface area contributed by atoms with Crippen LogP contribution in [0.2, 0.25) is 0 Å². The molecular formula is C8H9F3N2O2. The van der Waals surface area contributed by atoms with Crippen LogP contribution in [-0.2, 0) is 4.74 Å². The Kier molecular flexibility index (Phi) is 3.39. The van der Waals surface area contributed by atoms with E-state index >= 15 is 0 Å². The molecule has 7 heteroatoms. The number of ether oxygens (including phenoxy) is 1. The highest BCUT2D eigenvalue weighted by Crippen LogP contribution is 2.19. The third-order valence-electron chi connectivity index (χ3n) is 2.00. The minimum atomic E-state index is -4.53. The number of hydrogen-bond donors (Lipinski definition) is 0. The molecule has 1 unspecified atom stereocenters. The molecule has 4 nitrogen and oxygen atoms in total. The Balaban J connectivity index is 2.44. The van der Waals surface area contributed by atoms with Crippen molar-refractivity contribution >= 4 is 6.09 Å². The zero-order valence-corrected chi connectivity index (χ0v) is 7.75. The van der Waals surface area contributed by atoms with Crippen molar-refractivity contribution in [3.63, 3.8) is 0 Å². The van der Waals surface area contributed by atoms with Gasteiger partial charge < -0.3 is 4.74 Å². The minimum Gasteiger partial charge on any atom is -0.440 e. The molecule has 0 N–H and O–H groups in total. The highest BCUT2D eigenvalue weighted by Gasteiger charge is 2.34. The molecule has 0 aromatic heterocycles. The number of nitriles is 1. The lowest BCUT2D eigenvalue weighted by Crippen LogP contribution is -2.36. The van der Waals surface area contributed by atoms with Crippen molar-refractivity contribution < 1.29 is 22.7 Å². The van der Waals surface area contributed by atoms with Gasteiger partial charge in [-0.3, -0.25) is 4.90 Å². The highest BCUT2D eigenvalue weighted by molar-refractivity contribution is 5.69. The van der Waals surface area contributed by atoms with Crippen LogP contribution in [0.1, 0.15) is 12.8 Å². The van der Waals surface area contributed by atoms with Crippen LogP contribution in [0.15, 0.2) is 0 Å². The normalized spacial score (nSPS) is 21.2. The summed E-state index contributed by atoms with van der Waals surface area (Å²) in [7, 11) is 0. The van der Waals surface area contributed by atoms with Crippen molar-refractivity contribution in [2.75, 3.05) is 13.2 Å². The lowest BCUT2D eigenvalue weighted by molar-refractivity contribution is -0.162. The number of likely N-dealkylation sites (tertiary alicyclic amines) is 1. The molecule has 1 heterocycles. The van der Waals surface area contributed by atoms with Crippen molar-refractivity contribution in [1.82, 2.24) is 4.90 Å². The van der Waals surface area contributed by atoms with Crippen LogP contribution in [0.25, 0.3) is 0 Å². The Morgan fingerprint density at radius 2 is 2.27 bits per heavy atom. The first-order valence-electron chi connectivity index (χ1n) is 4.34.